The lowest BCUT2D eigenvalue weighted by Crippen LogP contribution is -2.25. The Morgan fingerprint density at radius 1 is 1.00 bits per heavy atom. The smallest absolute Gasteiger partial charge is 0.203 e. The number of hydrogen-bond donors (Lipinski definition) is 1. The summed E-state index contributed by atoms with van der Waals surface area (Å²) in [7, 11) is 0. The highest BCUT2D eigenvalue weighted by molar-refractivity contribution is 6.01. The first kappa shape index (κ1) is 12.9. The first-order chi connectivity index (χ1) is 10.7. The molecule has 0 aliphatic carbocycles. The van der Waals surface area contributed by atoms with Crippen LogP contribution in [-0.2, 0) is 6.42 Å². The molecular weight excluding hydrogens is 276 g/mol. The number of phenolic OH excluding ortho intramolecular Hbond substituents is 1. The molecule has 1 N–H and O–H groups in total. The van der Waals surface area contributed by atoms with E-state index in [4.69, 9.17) is 4.74 Å². The number of ketones is 1. The summed E-state index contributed by atoms with van der Waals surface area (Å²) >= 11 is 0. The molecule has 108 valence electrons. The van der Waals surface area contributed by atoms with Gasteiger partial charge in [0.25, 0.3) is 0 Å². The van der Waals surface area contributed by atoms with Crippen LogP contribution in [0.25, 0.3) is 10.8 Å². The van der Waals surface area contributed by atoms with Gasteiger partial charge in [0.1, 0.15) is 11.5 Å². The van der Waals surface area contributed by atoms with Crippen molar-refractivity contribution >= 4 is 16.6 Å². The van der Waals surface area contributed by atoms with Gasteiger partial charge >= 0.3 is 0 Å². The van der Waals surface area contributed by atoms with Crippen molar-refractivity contribution in [3.05, 3.63) is 71.8 Å². The van der Waals surface area contributed by atoms with Crippen molar-refractivity contribution in [3.63, 3.8) is 0 Å². The fraction of sp³-hybridized carbons (Fsp3) is 0.105. The molecule has 1 aliphatic rings. The molecule has 3 aromatic rings. The molecule has 4 rings (SSSR count). The topological polar surface area (TPSA) is 46.5 Å². The van der Waals surface area contributed by atoms with Crippen LogP contribution < -0.4 is 4.74 Å². The molecule has 0 bridgehead atoms. The Labute approximate surface area is 127 Å². The van der Waals surface area contributed by atoms with E-state index < -0.39 is 6.10 Å². The SMILES string of the molecule is O=C(c1ccc(O)cc1)C1Cc2c(ccc3ccccc23)O1. The zero-order chi connectivity index (χ0) is 15.1. The molecule has 0 fully saturated rings. The van der Waals surface area contributed by atoms with Gasteiger partial charge in [-0.25, -0.2) is 0 Å². The molecular formula is C19H14O3. The summed E-state index contributed by atoms with van der Waals surface area (Å²) in [4.78, 5) is 12.6. The molecule has 1 atom stereocenters. The molecule has 22 heavy (non-hydrogen) atoms. The third kappa shape index (κ3) is 2.02. The van der Waals surface area contributed by atoms with Gasteiger partial charge in [-0.3, -0.25) is 4.79 Å². The molecule has 3 heteroatoms. The maximum atomic E-state index is 12.6. The minimum Gasteiger partial charge on any atom is -0.508 e. The summed E-state index contributed by atoms with van der Waals surface area (Å²) in [6.45, 7) is 0. The molecule has 0 amide bonds. The van der Waals surface area contributed by atoms with Crippen LogP contribution in [0.1, 0.15) is 15.9 Å². The molecule has 0 aromatic heterocycles. The molecule has 1 heterocycles. The van der Waals surface area contributed by atoms with E-state index in [0.29, 0.717) is 12.0 Å². The van der Waals surface area contributed by atoms with Crippen LogP contribution >= 0.6 is 0 Å². The quantitative estimate of drug-likeness (QED) is 0.731. The summed E-state index contributed by atoms with van der Waals surface area (Å²) in [5.74, 6) is 0.884. The van der Waals surface area contributed by atoms with Gasteiger partial charge in [0.15, 0.2) is 6.10 Å². The first-order valence-electron chi connectivity index (χ1n) is 7.23. The molecule has 1 aliphatic heterocycles. The van der Waals surface area contributed by atoms with Crippen molar-refractivity contribution in [2.75, 3.05) is 0 Å². The lowest BCUT2D eigenvalue weighted by molar-refractivity contribution is 0.0825. The Hall–Kier alpha value is -2.81. The van der Waals surface area contributed by atoms with Crippen LogP contribution in [0.2, 0.25) is 0 Å². The minimum absolute atomic E-state index is 0.0553. The third-order valence-electron chi connectivity index (χ3n) is 4.10. The third-order valence-corrected chi connectivity index (χ3v) is 4.10. The maximum absolute atomic E-state index is 12.6. The highest BCUT2D eigenvalue weighted by Gasteiger charge is 2.30. The van der Waals surface area contributed by atoms with Crippen molar-refractivity contribution in [2.45, 2.75) is 12.5 Å². The van der Waals surface area contributed by atoms with Gasteiger partial charge in [0.05, 0.1) is 0 Å². The number of rotatable bonds is 2. The van der Waals surface area contributed by atoms with E-state index in [2.05, 4.69) is 12.1 Å². The number of ether oxygens (including phenoxy) is 1. The van der Waals surface area contributed by atoms with Crippen molar-refractivity contribution in [1.29, 1.82) is 0 Å². The average molecular weight is 290 g/mol. The number of aromatic hydroxyl groups is 1. The second kappa shape index (κ2) is 4.88. The number of hydrogen-bond acceptors (Lipinski definition) is 3. The number of phenols is 1. The van der Waals surface area contributed by atoms with Crippen molar-refractivity contribution in [3.8, 4) is 11.5 Å². The monoisotopic (exact) mass is 290 g/mol. The number of carbonyl (C=O) groups is 1. The predicted molar refractivity (Wildman–Crippen MR) is 84.5 cm³/mol. The molecule has 0 radical (unpaired) electrons. The Morgan fingerprint density at radius 3 is 2.59 bits per heavy atom. The number of Topliss-reactive ketones (excluding diaryl/α,β-unsaturated/α-hetero) is 1. The number of fused-ring (bicyclic) bond motifs is 3. The highest BCUT2D eigenvalue weighted by Crippen LogP contribution is 2.35. The molecule has 0 saturated heterocycles. The van der Waals surface area contributed by atoms with E-state index in [1.807, 2.05) is 24.3 Å². The Morgan fingerprint density at radius 2 is 1.77 bits per heavy atom. The highest BCUT2D eigenvalue weighted by atomic mass is 16.5. The normalized spacial score (nSPS) is 16.3. The zero-order valence-corrected chi connectivity index (χ0v) is 11.8. The van der Waals surface area contributed by atoms with E-state index in [-0.39, 0.29) is 11.5 Å². The second-order valence-electron chi connectivity index (χ2n) is 5.49. The van der Waals surface area contributed by atoms with Gasteiger partial charge in [0, 0.05) is 17.5 Å². The largest absolute Gasteiger partial charge is 0.508 e. The van der Waals surface area contributed by atoms with Gasteiger partial charge < -0.3 is 9.84 Å². The number of benzene rings is 3. The molecule has 3 aromatic carbocycles. The molecule has 0 spiro atoms. The van der Waals surface area contributed by atoms with Crippen molar-refractivity contribution in [2.24, 2.45) is 0 Å². The lowest BCUT2D eigenvalue weighted by Gasteiger charge is -2.09. The fourth-order valence-corrected chi connectivity index (χ4v) is 2.98. The average Bonchev–Trinajstić information content (AvgIpc) is 2.99. The van der Waals surface area contributed by atoms with Crippen LogP contribution in [0, 0.1) is 0 Å². The Kier molecular flexibility index (Phi) is 2.86. The Balaban J connectivity index is 1.68. The fourth-order valence-electron chi connectivity index (χ4n) is 2.98. The van der Waals surface area contributed by atoms with Gasteiger partial charge in [-0.15, -0.1) is 0 Å². The second-order valence-corrected chi connectivity index (χ2v) is 5.49. The van der Waals surface area contributed by atoms with E-state index in [9.17, 15) is 9.90 Å². The van der Waals surface area contributed by atoms with Gasteiger partial charge in [-0.1, -0.05) is 30.3 Å². The summed E-state index contributed by atoms with van der Waals surface area (Å²) in [6, 6.07) is 18.4. The molecule has 1 unspecified atom stereocenters. The summed E-state index contributed by atoms with van der Waals surface area (Å²) in [5, 5.41) is 11.6. The Bertz CT molecular complexity index is 865. The van der Waals surface area contributed by atoms with Crippen LogP contribution in [0.3, 0.4) is 0 Å². The van der Waals surface area contributed by atoms with Gasteiger partial charge in [-0.05, 0) is 41.1 Å². The predicted octanol–water partition coefficient (Wildman–Crippen LogP) is 3.73. The van der Waals surface area contributed by atoms with Crippen molar-refractivity contribution in [1.82, 2.24) is 0 Å². The van der Waals surface area contributed by atoms with Crippen LogP contribution in [0.4, 0.5) is 0 Å². The number of carbonyl (C=O) groups excluding carboxylic acids is 1. The minimum atomic E-state index is -0.495. The standard InChI is InChI=1S/C19H14O3/c20-14-8-5-13(6-9-14)19(21)18-11-16-15-4-2-1-3-12(15)7-10-17(16)22-18/h1-10,18,20H,11H2. The van der Waals surface area contributed by atoms with E-state index >= 15 is 0 Å². The lowest BCUT2D eigenvalue weighted by atomic mass is 9.98. The zero-order valence-electron chi connectivity index (χ0n) is 11.8. The molecule has 0 saturated carbocycles. The molecule has 3 nitrogen and oxygen atoms in total. The van der Waals surface area contributed by atoms with Crippen LogP contribution in [0.5, 0.6) is 11.5 Å². The first-order valence-corrected chi connectivity index (χ1v) is 7.23. The van der Waals surface area contributed by atoms with E-state index in [1.54, 1.807) is 12.1 Å². The summed E-state index contributed by atoms with van der Waals surface area (Å²) < 4.78 is 5.85. The van der Waals surface area contributed by atoms with E-state index in [0.717, 1.165) is 22.1 Å². The summed E-state index contributed by atoms with van der Waals surface area (Å²) in [6.07, 6.45) is 0.0847. The van der Waals surface area contributed by atoms with Crippen LogP contribution in [0.15, 0.2) is 60.7 Å². The van der Waals surface area contributed by atoms with Crippen molar-refractivity contribution < 1.29 is 14.6 Å². The van der Waals surface area contributed by atoms with Gasteiger partial charge in [-0.2, -0.15) is 0 Å². The van der Waals surface area contributed by atoms with E-state index in [1.165, 1.54) is 12.1 Å². The van der Waals surface area contributed by atoms with Gasteiger partial charge in [0.2, 0.25) is 5.78 Å². The summed E-state index contributed by atoms with van der Waals surface area (Å²) in [5.41, 5.74) is 1.65. The maximum Gasteiger partial charge on any atom is 0.203 e. The van der Waals surface area contributed by atoms with Crippen LogP contribution in [-0.4, -0.2) is 17.0 Å².